The Labute approximate surface area is 80.9 Å². The van der Waals surface area contributed by atoms with Gasteiger partial charge in [-0.3, -0.25) is 0 Å². The van der Waals surface area contributed by atoms with Crippen molar-refractivity contribution in [2.45, 2.75) is 12.9 Å². The minimum absolute atomic E-state index is 0.243. The number of hydrogen-bond acceptors (Lipinski definition) is 1. The molecular weight excluding hydrogens is 192 g/mol. The summed E-state index contributed by atoms with van der Waals surface area (Å²) in [5.41, 5.74) is 0.891. The number of rotatable bonds is 5. The lowest BCUT2D eigenvalue weighted by Gasteiger charge is -2.13. The largest absolute Gasteiger partial charge is 0.480 e. The maximum absolute atomic E-state index is 11.8. The molecule has 0 fully saturated rings. The molecule has 0 spiro atoms. The maximum Gasteiger partial charge on any atom is 0.480 e. The Morgan fingerprint density at radius 2 is 1.71 bits per heavy atom. The van der Waals surface area contributed by atoms with Crippen molar-refractivity contribution in [1.82, 2.24) is 0 Å². The van der Waals surface area contributed by atoms with E-state index in [9.17, 15) is 12.9 Å². The standard InChI is InChI=1S/C9H11BF3O/c11-10(12,13)6-7-14-8-9-4-2-1-3-5-9/h1-5H,6-8H2/q-1. The van der Waals surface area contributed by atoms with Gasteiger partial charge in [0.05, 0.1) is 6.61 Å². The fourth-order valence-corrected chi connectivity index (χ4v) is 0.981. The van der Waals surface area contributed by atoms with Crippen LogP contribution in [0.4, 0.5) is 12.9 Å². The third kappa shape index (κ3) is 4.92. The Bertz CT molecular complexity index is 261. The highest BCUT2D eigenvalue weighted by molar-refractivity contribution is 6.58. The third-order valence-corrected chi connectivity index (χ3v) is 1.70. The Balaban J connectivity index is 2.17. The Morgan fingerprint density at radius 3 is 2.29 bits per heavy atom. The summed E-state index contributed by atoms with van der Waals surface area (Å²) in [7, 11) is 0. The van der Waals surface area contributed by atoms with Crippen LogP contribution in [0.2, 0.25) is 6.32 Å². The van der Waals surface area contributed by atoms with Crippen LogP contribution in [0.25, 0.3) is 0 Å². The van der Waals surface area contributed by atoms with Gasteiger partial charge in [-0.05, 0) is 5.56 Å². The minimum atomic E-state index is -4.71. The van der Waals surface area contributed by atoms with E-state index in [2.05, 4.69) is 0 Å². The molecule has 1 nitrogen and oxygen atoms in total. The van der Waals surface area contributed by atoms with Crippen molar-refractivity contribution in [3.8, 4) is 0 Å². The van der Waals surface area contributed by atoms with Crippen LogP contribution in [0.1, 0.15) is 5.56 Å². The predicted molar refractivity (Wildman–Crippen MR) is 50.0 cm³/mol. The van der Waals surface area contributed by atoms with Gasteiger partial charge in [0.25, 0.3) is 0 Å². The van der Waals surface area contributed by atoms with Crippen LogP contribution in [-0.4, -0.2) is 13.6 Å². The first kappa shape index (κ1) is 11.1. The van der Waals surface area contributed by atoms with Crippen LogP contribution < -0.4 is 0 Å². The second kappa shape index (κ2) is 5.05. The average molecular weight is 203 g/mol. The zero-order chi connectivity index (χ0) is 10.4. The quantitative estimate of drug-likeness (QED) is 0.527. The number of hydrogen-bond donors (Lipinski definition) is 0. The third-order valence-electron chi connectivity index (χ3n) is 1.70. The summed E-state index contributed by atoms with van der Waals surface area (Å²) in [6.45, 7) is -4.72. The van der Waals surface area contributed by atoms with Gasteiger partial charge in [-0.15, -0.1) is 0 Å². The lowest BCUT2D eigenvalue weighted by molar-refractivity contribution is 0.129. The molecule has 0 saturated carbocycles. The Kier molecular flexibility index (Phi) is 4.01. The van der Waals surface area contributed by atoms with Gasteiger partial charge in [-0.1, -0.05) is 36.7 Å². The van der Waals surface area contributed by atoms with E-state index < -0.39 is 13.3 Å². The Morgan fingerprint density at radius 1 is 1.07 bits per heavy atom. The van der Waals surface area contributed by atoms with E-state index in [4.69, 9.17) is 4.74 Å². The topological polar surface area (TPSA) is 9.23 Å². The lowest BCUT2D eigenvalue weighted by atomic mass is 9.87. The van der Waals surface area contributed by atoms with Gasteiger partial charge < -0.3 is 17.7 Å². The van der Waals surface area contributed by atoms with Crippen molar-refractivity contribution in [2.24, 2.45) is 0 Å². The van der Waals surface area contributed by atoms with Crippen LogP contribution in [0.3, 0.4) is 0 Å². The van der Waals surface area contributed by atoms with E-state index in [1.165, 1.54) is 0 Å². The SMILES string of the molecule is F[B-](F)(F)CCOCc1ccccc1. The first-order valence-electron chi connectivity index (χ1n) is 4.40. The number of benzene rings is 1. The second-order valence-corrected chi connectivity index (χ2v) is 3.04. The van der Waals surface area contributed by atoms with Crippen molar-refractivity contribution >= 4 is 6.98 Å². The van der Waals surface area contributed by atoms with Gasteiger partial charge in [0, 0.05) is 6.61 Å². The molecule has 1 aromatic rings. The number of halogens is 3. The maximum atomic E-state index is 11.8. The summed E-state index contributed by atoms with van der Waals surface area (Å²) in [5, 5.41) is 0. The lowest BCUT2D eigenvalue weighted by Crippen LogP contribution is -2.17. The molecule has 0 radical (unpaired) electrons. The zero-order valence-electron chi connectivity index (χ0n) is 7.63. The normalized spacial score (nSPS) is 11.6. The highest BCUT2D eigenvalue weighted by atomic mass is 19.4. The minimum Gasteiger partial charge on any atom is -0.449 e. The highest BCUT2D eigenvalue weighted by Gasteiger charge is 2.21. The van der Waals surface area contributed by atoms with Crippen molar-refractivity contribution in [3.63, 3.8) is 0 Å². The molecule has 0 aliphatic rings. The highest BCUT2D eigenvalue weighted by Crippen LogP contribution is 2.14. The van der Waals surface area contributed by atoms with E-state index in [1.807, 2.05) is 30.3 Å². The average Bonchev–Trinajstić information content (AvgIpc) is 2.13. The Hall–Kier alpha value is -0.965. The molecule has 0 N–H and O–H groups in total. The zero-order valence-corrected chi connectivity index (χ0v) is 7.63. The van der Waals surface area contributed by atoms with E-state index in [0.717, 1.165) is 5.56 Å². The summed E-state index contributed by atoms with van der Waals surface area (Å²) in [6, 6.07) is 9.14. The molecule has 0 unspecified atom stereocenters. The fraction of sp³-hybridized carbons (Fsp3) is 0.333. The van der Waals surface area contributed by atoms with Gasteiger partial charge in [-0.2, -0.15) is 0 Å². The molecule has 0 heterocycles. The van der Waals surface area contributed by atoms with Gasteiger partial charge in [0.15, 0.2) is 0 Å². The summed E-state index contributed by atoms with van der Waals surface area (Å²) >= 11 is 0. The molecule has 14 heavy (non-hydrogen) atoms. The smallest absolute Gasteiger partial charge is 0.449 e. The van der Waals surface area contributed by atoms with Gasteiger partial charge >= 0.3 is 6.98 Å². The van der Waals surface area contributed by atoms with Crippen molar-refractivity contribution in [3.05, 3.63) is 35.9 Å². The summed E-state index contributed by atoms with van der Waals surface area (Å²) < 4.78 is 40.2. The molecule has 0 aliphatic heterocycles. The van der Waals surface area contributed by atoms with E-state index in [0.29, 0.717) is 0 Å². The monoisotopic (exact) mass is 203 g/mol. The molecule has 0 bridgehead atoms. The molecule has 1 rings (SSSR count). The number of ether oxygens (including phenoxy) is 1. The molecule has 0 amide bonds. The van der Waals surface area contributed by atoms with Crippen molar-refractivity contribution in [2.75, 3.05) is 6.61 Å². The predicted octanol–water partition coefficient (Wildman–Crippen LogP) is 3.05. The first-order chi connectivity index (χ1) is 6.58. The van der Waals surface area contributed by atoms with E-state index >= 15 is 0 Å². The molecule has 0 atom stereocenters. The van der Waals surface area contributed by atoms with Crippen LogP contribution >= 0.6 is 0 Å². The van der Waals surface area contributed by atoms with E-state index in [1.54, 1.807) is 0 Å². The van der Waals surface area contributed by atoms with Crippen molar-refractivity contribution in [1.29, 1.82) is 0 Å². The molecule has 5 heteroatoms. The molecule has 0 aliphatic carbocycles. The van der Waals surface area contributed by atoms with Gasteiger partial charge in [0.1, 0.15) is 0 Å². The van der Waals surface area contributed by atoms with Gasteiger partial charge in [0.2, 0.25) is 0 Å². The van der Waals surface area contributed by atoms with Gasteiger partial charge in [-0.25, -0.2) is 0 Å². The molecule has 1 aromatic carbocycles. The summed E-state index contributed by atoms with van der Waals surface area (Å²) in [4.78, 5) is 0. The summed E-state index contributed by atoms with van der Waals surface area (Å²) in [6.07, 6.45) is -0.827. The summed E-state index contributed by atoms with van der Waals surface area (Å²) in [5.74, 6) is 0. The fourth-order valence-electron chi connectivity index (χ4n) is 0.981. The van der Waals surface area contributed by atoms with Crippen LogP contribution in [0, 0.1) is 0 Å². The first-order valence-corrected chi connectivity index (χ1v) is 4.40. The van der Waals surface area contributed by atoms with Crippen LogP contribution in [0.15, 0.2) is 30.3 Å². The molecule has 0 aromatic heterocycles. The van der Waals surface area contributed by atoms with E-state index in [-0.39, 0.29) is 13.2 Å². The van der Waals surface area contributed by atoms with Crippen molar-refractivity contribution < 1.29 is 17.7 Å². The second-order valence-electron chi connectivity index (χ2n) is 3.04. The van der Waals surface area contributed by atoms with Crippen LogP contribution in [0.5, 0.6) is 0 Å². The molecular formula is C9H11BF3O-. The molecule has 78 valence electrons. The van der Waals surface area contributed by atoms with Crippen LogP contribution in [-0.2, 0) is 11.3 Å². The molecule has 0 saturated heterocycles.